The van der Waals surface area contributed by atoms with Crippen molar-refractivity contribution in [3.63, 3.8) is 0 Å². The van der Waals surface area contributed by atoms with E-state index in [9.17, 15) is 8.42 Å². The Balaban J connectivity index is 2.68. The second-order valence-electron chi connectivity index (χ2n) is 9.02. The topological polar surface area (TPSA) is 34.1 Å². The fourth-order valence-corrected chi connectivity index (χ4v) is 5.80. The highest BCUT2D eigenvalue weighted by Gasteiger charge is 2.37. The number of hydrogen-bond donors (Lipinski definition) is 0. The van der Waals surface area contributed by atoms with E-state index in [4.69, 9.17) is 0 Å². The minimum absolute atomic E-state index is 0.248. The zero-order valence-corrected chi connectivity index (χ0v) is 17.1. The van der Waals surface area contributed by atoms with Crippen LogP contribution in [0.5, 0.6) is 0 Å². The summed E-state index contributed by atoms with van der Waals surface area (Å²) in [5.74, 6) is 1.47. The quantitative estimate of drug-likeness (QED) is 0.599. The van der Waals surface area contributed by atoms with Crippen molar-refractivity contribution in [1.29, 1.82) is 0 Å². The van der Waals surface area contributed by atoms with E-state index in [0.29, 0.717) is 5.92 Å². The Kier molecular flexibility index (Phi) is 8.23. The van der Waals surface area contributed by atoms with Crippen LogP contribution in [-0.2, 0) is 9.69 Å². The van der Waals surface area contributed by atoms with Gasteiger partial charge >= 0.3 is 0 Å². The van der Waals surface area contributed by atoms with Gasteiger partial charge in [-0.3, -0.25) is 0 Å². The zero-order valence-electron chi connectivity index (χ0n) is 16.3. The molecule has 5 heteroatoms. The molecule has 2 unspecified atom stereocenters. The van der Waals surface area contributed by atoms with Crippen LogP contribution in [0.25, 0.3) is 0 Å². The van der Waals surface area contributed by atoms with Crippen LogP contribution in [0.2, 0.25) is 25.3 Å². The summed E-state index contributed by atoms with van der Waals surface area (Å²) >= 11 is 0. The van der Waals surface area contributed by atoms with Gasteiger partial charge in [-0.2, -0.15) is 0 Å². The highest BCUT2D eigenvalue weighted by Crippen LogP contribution is 2.35. The van der Waals surface area contributed by atoms with Crippen molar-refractivity contribution in [2.45, 2.75) is 109 Å². The second kappa shape index (κ2) is 8.97. The first-order chi connectivity index (χ1) is 10.5. The van der Waals surface area contributed by atoms with Crippen molar-refractivity contribution >= 4 is 23.0 Å². The van der Waals surface area contributed by atoms with Crippen molar-refractivity contribution in [2.24, 2.45) is 5.92 Å². The Morgan fingerprint density at radius 1 is 1.04 bits per heavy atom. The molecule has 0 saturated heterocycles. The molecule has 1 saturated carbocycles. The maximum atomic E-state index is 12.9. The molecule has 1 aliphatic rings. The normalized spacial score (nSPS) is 24.7. The Labute approximate surface area is 146 Å². The first-order valence-corrected chi connectivity index (χ1v) is 11.2. The number of rotatable bonds is 6. The standard InChI is InChI=1S/C18H37B2O2S/c1-15(2)14-18(3,4)23(21,22)19-16-10-7-8-12-17(20(5)6)13-9-11-16/h15-17H,7-14H2,1-6H3. The lowest BCUT2D eigenvalue weighted by Crippen LogP contribution is -2.38. The Morgan fingerprint density at radius 2 is 1.57 bits per heavy atom. The molecule has 1 fully saturated rings. The van der Waals surface area contributed by atoms with E-state index in [2.05, 4.69) is 27.5 Å². The van der Waals surface area contributed by atoms with Crippen LogP contribution in [0.3, 0.4) is 0 Å². The van der Waals surface area contributed by atoms with E-state index >= 15 is 0 Å². The molecule has 0 amide bonds. The summed E-state index contributed by atoms with van der Waals surface area (Å²) < 4.78 is 25.1. The van der Waals surface area contributed by atoms with E-state index in [-0.39, 0.29) is 5.82 Å². The molecule has 2 nitrogen and oxygen atoms in total. The molecule has 133 valence electrons. The Hall–Kier alpha value is 0.0799. The summed E-state index contributed by atoms with van der Waals surface area (Å²) in [6.45, 7) is 15.1. The molecule has 0 aromatic carbocycles. The molecule has 1 rings (SSSR count). The molecule has 0 heterocycles. The molecule has 0 bridgehead atoms. The minimum atomic E-state index is -3.15. The van der Waals surface area contributed by atoms with Crippen LogP contribution < -0.4 is 0 Å². The summed E-state index contributed by atoms with van der Waals surface area (Å²) in [7, 11) is -3.15. The van der Waals surface area contributed by atoms with E-state index in [0.717, 1.165) is 31.8 Å². The average Bonchev–Trinajstić information content (AvgIpc) is 2.48. The molecule has 1 radical (unpaired) electrons. The average molecular weight is 339 g/mol. The Morgan fingerprint density at radius 3 is 2.13 bits per heavy atom. The summed E-state index contributed by atoms with van der Waals surface area (Å²) in [5, 5.41) is 0. The van der Waals surface area contributed by atoms with Gasteiger partial charge in [0.2, 0.25) is 0 Å². The van der Waals surface area contributed by atoms with Gasteiger partial charge in [0, 0.05) is 0 Å². The van der Waals surface area contributed by atoms with Crippen molar-refractivity contribution in [3.05, 3.63) is 0 Å². The summed E-state index contributed by atoms with van der Waals surface area (Å²) in [6, 6.07) is 0. The number of hydrogen-bond acceptors (Lipinski definition) is 2. The van der Waals surface area contributed by atoms with Crippen LogP contribution >= 0.6 is 0 Å². The van der Waals surface area contributed by atoms with Crippen LogP contribution in [0, 0.1) is 5.92 Å². The summed E-state index contributed by atoms with van der Waals surface area (Å²) in [4.78, 5) is 0. The van der Waals surface area contributed by atoms with Gasteiger partial charge < -0.3 is 0 Å². The molecular weight excluding hydrogens is 302 g/mol. The first kappa shape index (κ1) is 21.1. The van der Waals surface area contributed by atoms with Gasteiger partial charge in [0.25, 0.3) is 6.56 Å². The largest absolute Gasteiger partial charge is 0.283 e. The Bertz CT molecular complexity index is 444. The summed E-state index contributed by atoms with van der Waals surface area (Å²) in [5.41, 5.74) is 0. The van der Waals surface area contributed by atoms with Gasteiger partial charge in [0.15, 0.2) is 0 Å². The third kappa shape index (κ3) is 6.84. The van der Waals surface area contributed by atoms with Gasteiger partial charge in [-0.05, 0) is 26.2 Å². The second-order valence-corrected chi connectivity index (χ2v) is 11.5. The third-order valence-corrected chi connectivity index (χ3v) is 7.98. The SMILES string of the molecule is CB(C)C1CCCCC([B]S(=O)(=O)C(C)(C)CC(C)C)CCC1. The van der Waals surface area contributed by atoms with Gasteiger partial charge in [-0.25, -0.2) is 8.42 Å². The lowest BCUT2D eigenvalue weighted by atomic mass is 9.43. The predicted molar refractivity (Wildman–Crippen MR) is 106 cm³/mol. The zero-order chi connectivity index (χ0) is 17.7. The van der Waals surface area contributed by atoms with Crippen LogP contribution in [0.1, 0.15) is 79.1 Å². The highest BCUT2D eigenvalue weighted by molar-refractivity contribution is 8.16. The molecule has 23 heavy (non-hydrogen) atoms. The lowest BCUT2D eigenvalue weighted by molar-refractivity contribution is 0.470. The van der Waals surface area contributed by atoms with Crippen LogP contribution in [-0.4, -0.2) is 26.4 Å². The fraction of sp³-hybridized carbons (Fsp3) is 1.00. The smallest absolute Gasteiger partial charge is 0.241 e. The van der Waals surface area contributed by atoms with E-state index in [1.807, 2.05) is 13.8 Å². The molecule has 0 aromatic heterocycles. The van der Waals surface area contributed by atoms with Crippen molar-refractivity contribution in [3.8, 4) is 0 Å². The van der Waals surface area contributed by atoms with Crippen molar-refractivity contribution < 1.29 is 8.42 Å². The van der Waals surface area contributed by atoms with Gasteiger partial charge in [-0.1, -0.05) is 84.1 Å². The molecular formula is C18H37B2O2S. The summed E-state index contributed by atoms with van der Waals surface area (Å²) in [6.07, 6.45) is 8.99. The maximum Gasteiger partial charge on any atom is 0.283 e. The predicted octanol–water partition coefficient (Wildman–Crippen LogP) is 5.50. The molecule has 1 aliphatic carbocycles. The van der Waals surface area contributed by atoms with Crippen molar-refractivity contribution in [2.75, 3.05) is 0 Å². The van der Waals surface area contributed by atoms with Crippen LogP contribution in [0.4, 0.5) is 0 Å². The highest BCUT2D eigenvalue weighted by atomic mass is 32.2. The molecule has 0 aliphatic heterocycles. The molecule has 0 N–H and O–H groups in total. The third-order valence-electron chi connectivity index (χ3n) is 5.53. The van der Waals surface area contributed by atoms with Gasteiger partial charge in [0.1, 0.15) is 16.4 Å². The van der Waals surface area contributed by atoms with Crippen molar-refractivity contribution in [1.82, 2.24) is 0 Å². The molecule has 2 atom stereocenters. The molecule has 0 spiro atoms. The fourth-order valence-electron chi connectivity index (χ4n) is 4.08. The minimum Gasteiger partial charge on any atom is -0.241 e. The van der Waals surface area contributed by atoms with Crippen LogP contribution in [0.15, 0.2) is 0 Å². The lowest BCUT2D eigenvalue weighted by Gasteiger charge is -2.29. The molecule has 0 aromatic rings. The first-order valence-electron chi connectivity index (χ1n) is 9.64. The van der Waals surface area contributed by atoms with E-state index in [1.54, 1.807) is 6.56 Å². The monoisotopic (exact) mass is 339 g/mol. The van der Waals surface area contributed by atoms with Gasteiger partial charge in [-0.15, -0.1) is 0 Å². The van der Waals surface area contributed by atoms with E-state index < -0.39 is 14.4 Å². The van der Waals surface area contributed by atoms with Gasteiger partial charge in [0.05, 0.1) is 4.75 Å². The van der Waals surface area contributed by atoms with E-state index in [1.165, 1.54) is 32.1 Å². The maximum absolute atomic E-state index is 12.9.